The standard InChI is InChI=1S/C21H31Cl2N5O5S/c1-13(29)19(21(2)12-24-6-7-28(21)20(30)31)27-11-15(14-4-5-17(22)18(23)9-14)8-16(27)10-25-26(3)34(32)33/h4-5,9,15-16,19,24-25H,6-8,10-12H2,1-3H3,(H,30,31)(H,32,33)/p-1/t15?,16-,19?,21?/m1/s1. The maximum atomic E-state index is 13.1. The molecule has 2 saturated heterocycles. The van der Waals surface area contributed by atoms with Crippen LogP contribution in [-0.4, -0.2) is 97.4 Å². The summed E-state index contributed by atoms with van der Waals surface area (Å²) in [6.07, 6.45) is -0.461. The van der Waals surface area contributed by atoms with Gasteiger partial charge in [-0.05, 0) is 43.9 Å². The third-order valence-electron chi connectivity index (χ3n) is 6.79. The minimum atomic E-state index is -2.46. The Hall–Kier alpha value is -1.31. The molecule has 2 aliphatic rings. The van der Waals surface area contributed by atoms with Crippen LogP contribution in [0.2, 0.25) is 10.0 Å². The molecule has 0 spiro atoms. The van der Waals surface area contributed by atoms with Crippen molar-refractivity contribution < 1.29 is 23.5 Å². The fourth-order valence-corrected chi connectivity index (χ4v) is 5.71. The molecular weight excluding hydrogens is 505 g/mol. The number of amides is 1. The predicted molar refractivity (Wildman–Crippen MR) is 129 cm³/mol. The van der Waals surface area contributed by atoms with Crippen LogP contribution >= 0.6 is 23.2 Å². The van der Waals surface area contributed by atoms with Gasteiger partial charge in [0, 0.05) is 57.1 Å². The summed E-state index contributed by atoms with van der Waals surface area (Å²) >= 11 is 9.88. The van der Waals surface area contributed by atoms with Crippen molar-refractivity contribution >= 4 is 46.3 Å². The van der Waals surface area contributed by atoms with Gasteiger partial charge in [-0.3, -0.25) is 18.8 Å². The van der Waals surface area contributed by atoms with E-state index in [4.69, 9.17) is 23.2 Å². The van der Waals surface area contributed by atoms with E-state index in [2.05, 4.69) is 10.7 Å². The number of hydrogen-bond donors (Lipinski definition) is 3. The summed E-state index contributed by atoms with van der Waals surface area (Å²) in [6, 6.07) is 4.44. The van der Waals surface area contributed by atoms with Gasteiger partial charge < -0.3 is 15.0 Å². The molecule has 1 aromatic rings. The van der Waals surface area contributed by atoms with E-state index in [1.54, 1.807) is 19.1 Å². The Morgan fingerprint density at radius 1 is 1.41 bits per heavy atom. The van der Waals surface area contributed by atoms with Gasteiger partial charge in [-0.15, -0.1) is 0 Å². The molecule has 0 aromatic heterocycles. The summed E-state index contributed by atoms with van der Waals surface area (Å²) in [5.74, 6) is -0.164. The number of carbonyl (C=O) groups is 2. The lowest BCUT2D eigenvalue weighted by Gasteiger charge is -2.51. The van der Waals surface area contributed by atoms with Gasteiger partial charge in [0.1, 0.15) is 5.78 Å². The number of ketones is 1. The number of Topliss-reactive ketones (excluding diaryl/α,β-unsaturated/α-hetero) is 1. The number of likely N-dealkylation sites (tertiary alicyclic amines) is 1. The van der Waals surface area contributed by atoms with E-state index < -0.39 is 28.9 Å². The largest absolute Gasteiger partial charge is 0.759 e. The van der Waals surface area contributed by atoms with Crippen LogP contribution in [-0.2, 0) is 16.1 Å². The third-order valence-corrected chi connectivity index (χ3v) is 8.11. The van der Waals surface area contributed by atoms with E-state index in [9.17, 15) is 23.5 Å². The summed E-state index contributed by atoms with van der Waals surface area (Å²) in [7, 11) is 1.39. The van der Waals surface area contributed by atoms with Crippen molar-refractivity contribution in [2.24, 2.45) is 0 Å². The Labute approximate surface area is 211 Å². The molecule has 0 saturated carbocycles. The molecule has 1 aromatic carbocycles. The van der Waals surface area contributed by atoms with Crippen LogP contribution in [0.15, 0.2) is 18.2 Å². The number of nitrogens with zero attached hydrogens (tertiary/aromatic N) is 3. The van der Waals surface area contributed by atoms with E-state index in [0.29, 0.717) is 36.1 Å². The van der Waals surface area contributed by atoms with Crippen LogP contribution in [0.5, 0.6) is 0 Å². The molecule has 2 aliphatic heterocycles. The number of carbonyl (C=O) groups excluding carboxylic acids is 1. The Balaban J connectivity index is 1.97. The van der Waals surface area contributed by atoms with E-state index in [0.717, 1.165) is 9.98 Å². The lowest BCUT2D eigenvalue weighted by atomic mass is 9.84. The molecule has 13 heteroatoms. The molecule has 0 bridgehead atoms. The number of halogens is 2. The summed E-state index contributed by atoms with van der Waals surface area (Å²) in [6.45, 7) is 5.08. The topological polar surface area (TPSA) is 128 Å². The summed E-state index contributed by atoms with van der Waals surface area (Å²) < 4.78 is 23.5. The van der Waals surface area contributed by atoms with Gasteiger partial charge in [0.2, 0.25) is 0 Å². The van der Waals surface area contributed by atoms with Crippen molar-refractivity contribution in [3.8, 4) is 0 Å². The van der Waals surface area contributed by atoms with Crippen LogP contribution < -0.4 is 10.7 Å². The highest BCUT2D eigenvalue weighted by Crippen LogP contribution is 2.39. The maximum Gasteiger partial charge on any atom is 0.407 e. The van der Waals surface area contributed by atoms with E-state index in [1.165, 1.54) is 18.9 Å². The van der Waals surface area contributed by atoms with Gasteiger partial charge in [0.25, 0.3) is 0 Å². The molecule has 5 atom stereocenters. The molecule has 4 unspecified atom stereocenters. The number of hydrogen-bond acceptors (Lipinski definition) is 7. The van der Waals surface area contributed by atoms with Crippen LogP contribution in [0.1, 0.15) is 31.7 Å². The first-order valence-corrected chi connectivity index (χ1v) is 12.7. The quantitative estimate of drug-likeness (QED) is 0.339. The van der Waals surface area contributed by atoms with Crippen molar-refractivity contribution in [3.63, 3.8) is 0 Å². The normalized spacial score (nSPS) is 27.7. The van der Waals surface area contributed by atoms with Crippen molar-refractivity contribution in [1.82, 2.24) is 25.0 Å². The minimum absolute atomic E-state index is 0.00935. The van der Waals surface area contributed by atoms with Crippen LogP contribution in [0, 0.1) is 0 Å². The number of piperazine rings is 1. The molecule has 0 radical (unpaired) electrons. The smallest absolute Gasteiger partial charge is 0.407 e. The highest BCUT2D eigenvalue weighted by atomic mass is 35.5. The number of rotatable bonds is 8. The zero-order chi connectivity index (χ0) is 25.2. The van der Waals surface area contributed by atoms with Gasteiger partial charge in [0.15, 0.2) is 0 Å². The third kappa shape index (κ3) is 5.73. The minimum Gasteiger partial charge on any atom is -0.759 e. The zero-order valence-electron chi connectivity index (χ0n) is 19.3. The number of benzene rings is 1. The Bertz CT molecular complexity index is 956. The fourth-order valence-electron chi connectivity index (χ4n) is 5.22. The zero-order valence-corrected chi connectivity index (χ0v) is 21.6. The summed E-state index contributed by atoms with van der Waals surface area (Å²) in [5.41, 5.74) is 2.81. The summed E-state index contributed by atoms with van der Waals surface area (Å²) in [4.78, 5) is 28.5. The van der Waals surface area contributed by atoms with Crippen LogP contribution in [0.3, 0.4) is 0 Å². The van der Waals surface area contributed by atoms with Gasteiger partial charge in [-0.2, -0.15) is 4.41 Å². The molecular formula is C21H30Cl2N5O5S-. The summed E-state index contributed by atoms with van der Waals surface area (Å²) in [5, 5.41) is 14.0. The van der Waals surface area contributed by atoms with Crippen molar-refractivity contribution in [2.45, 2.75) is 43.8 Å². The molecule has 0 aliphatic carbocycles. The second kappa shape index (κ2) is 11.2. The Morgan fingerprint density at radius 3 is 2.71 bits per heavy atom. The first-order valence-electron chi connectivity index (χ1n) is 10.9. The lowest BCUT2D eigenvalue weighted by Crippen LogP contribution is -2.72. The molecule has 3 N–H and O–H groups in total. The van der Waals surface area contributed by atoms with Crippen LogP contribution in [0.25, 0.3) is 0 Å². The molecule has 10 nitrogen and oxygen atoms in total. The first kappa shape index (κ1) is 27.3. The monoisotopic (exact) mass is 534 g/mol. The number of hydrazine groups is 1. The van der Waals surface area contributed by atoms with E-state index in [-0.39, 0.29) is 30.8 Å². The number of carboxylic acid groups (broad SMARTS) is 1. The molecule has 2 heterocycles. The van der Waals surface area contributed by atoms with E-state index >= 15 is 0 Å². The van der Waals surface area contributed by atoms with Gasteiger partial charge in [0.05, 0.1) is 21.6 Å². The van der Waals surface area contributed by atoms with Crippen molar-refractivity contribution in [3.05, 3.63) is 33.8 Å². The fraction of sp³-hybridized carbons (Fsp3) is 0.619. The highest BCUT2D eigenvalue weighted by Gasteiger charge is 2.52. The lowest BCUT2D eigenvalue weighted by molar-refractivity contribution is -0.129. The first-order chi connectivity index (χ1) is 16.0. The van der Waals surface area contributed by atoms with Gasteiger partial charge in [-0.25, -0.2) is 10.2 Å². The molecule has 190 valence electrons. The average Bonchev–Trinajstić information content (AvgIpc) is 3.16. The average molecular weight is 535 g/mol. The van der Waals surface area contributed by atoms with Gasteiger partial charge >= 0.3 is 6.09 Å². The second-order valence-electron chi connectivity index (χ2n) is 9.01. The van der Waals surface area contributed by atoms with Crippen LogP contribution in [0.4, 0.5) is 4.79 Å². The predicted octanol–water partition coefficient (Wildman–Crippen LogP) is 1.68. The van der Waals surface area contributed by atoms with Crippen molar-refractivity contribution in [1.29, 1.82) is 0 Å². The number of nitrogens with one attached hydrogen (secondary N) is 2. The molecule has 1 amide bonds. The van der Waals surface area contributed by atoms with Crippen molar-refractivity contribution in [2.75, 3.05) is 39.8 Å². The van der Waals surface area contributed by atoms with E-state index in [1.807, 2.05) is 11.0 Å². The maximum absolute atomic E-state index is 13.1. The SMILES string of the molecule is CC(=O)C(N1CC(c2ccc(Cl)c(Cl)c2)C[C@@H]1CNN(C)S(=O)[O-])C1(C)CNCCN1C(=O)O. The molecule has 2 fully saturated rings. The molecule has 34 heavy (non-hydrogen) atoms. The molecule has 3 rings (SSSR count). The van der Waals surface area contributed by atoms with Gasteiger partial charge in [-0.1, -0.05) is 29.3 Å². The Kier molecular flexibility index (Phi) is 8.96. The second-order valence-corrected chi connectivity index (χ2v) is 10.8. The highest BCUT2D eigenvalue weighted by molar-refractivity contribution is 7.76. The Morgan fingerprint density at radius 2 is 2.12 bits per heavy atom.